The average Bonchev–Trinajstić information content (AvgIpc) is 3.54. The molecule has 43 heavy (non-hydrogen) atoms. The molecule has 0 fully saturated rings. The molecule has 5 heteroatoms. The highest BCUT2D eigenvalue weighted by atomic mass is 32.2. The Labute approximate surface area is 254 Å². The first-order valence-electron chi connectivity index (χ1n) is 14.3. The van der Waals surface area contributed by atoms with Crippen LogP contribution in [0.25, 0.3) is 56.1 Å². The lowest BCUT2D eigenvalue weighted by atomic mass is 10.0. The lowest BCUT2D eigenvalue weighted by molar-refractivity contribution is 1.07. The number of rotatable bonds is 5. The van der Waals surface area contributed by atoms with Crippen molar-refractivity contribution in [1.82, 2.24) is 15.0 Å². The number of thioether (sulfide) groups is 1. The zero-order valence-electron chi connectivity index (χ0n) is 23.2. The maximum Gasteiger partial charge on any atom is 0.164 e. The molecule has 0 radical (unpaired) electrons. The van der Waals surface area contributed by atoms with Crippen molar-refractivity contribution in [2.45, 2.75) is 10.3 Å². The maximum atomic E-state index is 4.99. The second-order valence-corrected chi connectivity index (χ2v) is 11.7. The molecule has 1 aliphatic rings. The van der Waals surface area contributed by atoms with Gasteiger partial charge in [0.1, 0.15) is 5.37 Å². The first-order chi connectivity index (χ1) is 21.3. The van der Waals surface area contributed by atoms with Gasteiger partial charge in [0.15, 0.2) is 17.5 Å². The van der Waals surface area contributed by atoms with Gasteiger partial charge < -0.3 is 5.32 Å². The Kier molecular flexibility index (Phi) is 6.43. The average molecular weight is 571 g/mol. The molecule has 6 aromatic carbocycles. The van der Waals surface area contributed by atoms with Crippen LogP contribution in [0.5, 0.6) is 0 Å². The Morgan fingerprint density at radius 1 is 0.465 bits per heavy atom. The van der Waals surface area contributed by atoms with E-state index in [1.54, 1.807) is 0 Å². The fraction of sp³-hybridized carbons (Fsp3) is 0.0263. The fourth-order valence-corrected chi connectivity index (χ4v) is 6.71. The van der Waals surface area contributed by atoms with Crippen LogP contribution in [0.1, 0.15) is 10.9 Å². The molecule has 0 aliphatic carbocycles. The summed E-state index contributed by atoms with van der Waals surface area (Å²) in [4.78, 5) is 16.1. The first-order valence-corrected chi connectivity index (χ1v) is 15.2. The third-order valence-electron chi connectivity index (χ3n) is 7.78. The van der Waals surface area contributed by atoms with Crippen molar-refractivity contribution in [3.63, 3.8) is 0 Å². The van der Waals surface area contributed by atoms with Gasteiger partial charge in [-0.3, -0.25) is 0 Å². The second-order valence-electron chi connectivity index (χ2n) is 10.5. The van der Waals surface area contributed by atoms with Crippen LogP contribution in [0.15, 0.2) is 150 Å². The molecule has 0 spiro atoms. The molecule has 2 heterocycles. The maximum absolute atomic E-state index is 4.99. The predicted octanol–water partition coefficient (Wildman–Crippen LogP) is 9.91. The van der Waals surface area contributed by atoms with Crippen LogP contribution in [0.2, 0.25) is 0 Å². The summed E-state index contributed by atoms with van der Waals surface area (Å²) in [7, 11) is 0. The Balaban J connectivity index is 1.19. The zero-order chi connectivity index (χ0) is 28.6. The van der Waals surface area contributed by atoms with Gasteiger partial charge >= 0.3 is 0 Å². The van der Waals surface area contributed by atoms with Crippen LogP contribution in [0.3, 0.4) is 0 Å². The van der Waals surface area contributed by atoms with E-state index in [2.05, 4.69) is 115 Å². The third-order valence-corrected chi connectivity index (χ3v) is 9.00. The molecule has 0 saturated heterocycles. The molecule has 1 N–H and O–H groups in total. The van der Waals surface area contributed by atoms with Gasteiger partial charge in [0.25, 0.3) is 0 Å². The van der Waals surface area contributed by atoms with E-state index in [-0.39, 0.29) is 5.37 Å². The number of hydrogen-bond acceptors (Lipinski definition) is 5. The zero-order valence-corrected chi connectivity index (χ0v) is 24.0. The SMILES string of the molecule is c1ccc(-c2ccc(-c3nc(-c4ccccc4)nc(-c4ccc5c6c(ccc5c4)SC(c4ccccc4)N6)n3)cc2)cc1. The number of hydrogen-bond donors (Lipinski definition) is 1. The van der Waals surface area contributed by atoms with Gasteiger partial charge in [-0.1, -0.05) is 145 Å². The summed E-state index contributed by atoms with van der Waals surface area (Å²) in [5.74, 6) is 1.97. The molecule has 7 aromatic rings. The van der Waals surface area contributed by atoms with Crippen molar-refractivity contribution >= 4 is 28.2 Å². The first kappa shape index (κ1) is 25.5. The summed E-state index contributed by atoms with van der Waals surface area (Å²) in [6.45, 7) is 0. The standard InChI is InChI=1S/C38H26N4S/c1-4-10-25(11-5-1)26-16-18-28(19-17-26)36-40-35(27-12-6-2-7-13-27)41-37(42-36)31-20-22-32-30(24-31)21-23-33-34(32)39-38(43-33)29-14-8-3-9-15-29/h1-24,38-39H. The van der Waals surface area contributed by atoms with E-state index in [0.29, 0.717) is 17.5 Å². The van der Waals surface area contributed by atoms with E-state index >= 15 is 0 Å². The van der Waals surface area contributed by atoms with Crippen LogP contribution in [0, 0.1) is 0 Å². The van der Waals surface area contributed by atoms with Crippen molar-refractivity contribution in [3.05, 3.63) is 151 Å². The molecule has 0 saturated carbocycles. The van der Waals surface area contributed by atoms with Crippen molar-refractivity contribution in [1.29, 1.82) is 0 Å². The molecule has 1 aromatic heterocycles. The van der Waals surface area contributed by atoms with E-state index in [0.717, 1.165) is 27.6 Å². The normalized spacial score (nSPS) is 13.9. The van der Waals surface area contributed by atoms with Crippen LogP contribution in [0.4, 0.5) is 5.69 Å². The van der Waals surface area contributed by atoms with Crippen molar-refractivity contribution in [3.8, 4) is 45.3 Å². The van der Waals surface area contributed by atoms with E-state index in [9.17, 15) is 0 Å². The molecular formula is C38H26N4S. The minimum Gasteiger partial charge on any atom is -0.368 e. The van der Waals surface area contributed by atoms with Crippen molar-refractivity contribution in [2.24, 2.45) is 0 Å². The fourth-order valence-electron chi connectivity index (χ4n) is 5.56. The molecule has 204 valence electrons. The van der Waals surface area contributed by atoms with Gasteiger partial charge in [-0.25, -0.2) is 15.0 Å². The molecule has 1 unspecified atom stereocenters. The highest BCUT2D eigenvalue weighted by molar-refractivity contribution is 8.00. The summed E-state index contributed by atoms with van der Waals surface area (Å²) < 4.78 is 0. The quantitative estimate of drug-likeness (QED) is 0.223. The summed E-state index contributed by atoms with van der Waals surface area (Å²) in [5.41, 5.74) is 7.66. The number of nitrogens with zero attached hydrogens (tertiary/aromatic N) is 3. The number of benzene rings is 6. The molecular weight excluding hydrogens is 545 g/mol. The van der Waals surface area contributed by atoms with Gasteiger partial charge in [-0.05, 0) is 34.2 Å². The number of nitrogens with one attached hydrogen (secondary N) is 1. The monoisotopic (exact) mass is 570 g/mol. The van der Waals surface area contributed by atoms with Crippen LogP contribution in [-0.4, -0.2) is 15.0 Å². The Morgan fingerprint density at radius 2 is 0.977 bits per heavy atom. The van der Waals surface area contributed by atoms with Crippen molar-refractivity contribution in [2.75, 3.05) is 5.32 Å². The number of fused-ring (bicyclic) bond motifs is 3. The van der Waals surface area contributed by atoms with Gasteiger partial charge in [0.05, 0.1) is 5.69 Å². The van der Waals surface area contributed by atoms with Crippen LogP contribution in [-0.2, 0) is 0 Å². The van der Waals surface area contributed by atoms with E-state index in [4.69, 9.17) is 15.0 Å². The number of aromatic nitrogens is 3. The lowest BCUT2D eigenvalue weighted by Gasteiger charge is -2.12. The highest BCUT2D eigenvalue weighted by Crippen LogP contribution is 2.49. The largest absolute Gasteiger partial charge is 0.368 e. The summed E-state index contributed by atoms with van der Waals surface area (Å²) in [5, 5.41) is 6.30. The number of anilines is 1. The molecule has 4 nitrogen and oxygen atoms in total. The van der Waals surface area contributed by atoms with Gasteiger partial charge in [-0.2, -0.15) is 0 Å². The van der Waals surface area contributed by atoms with E-state index in [1.165, 1.54) is 27.1 Å². The molecule has 0 amide bonds. The van der Waals surface area contributed by atoms with Gasteiger partial charge in [0, 0.05) is 27.0 Å². The second kappa shape index (κ2) is 10.9. The highest BCUT2D eigenvalue weighted by Gasteiger charge is 2.24. The smallest absolute Gasteiger partial charge is 0.164 e. The summed E-state index contributed by atoms with van der Waals surface area (Å²) >= 11 is 1.86. The van der Waals surface area contributed by atoms with Crippen molar-refractivity contribution < 1.29 is 0 Å². The van der Waals surface area contributed by atoms with Crippen LogP contribution >= 0.6 is 11.8 Å². The lowest BCUT2D eigenvalue weighted by Crippen LogP contribution is -2.01. The Morgan fingerprint density at radius 3 is 1.65 bits per heavy atom. The van der Waals surface area contributed by atoms with Gasteiger partial charge in [0.2, 0.25) is 0 Å². The molecule has 0 bridgehead atoms. The van der Waals surface area contributed by atoms with E-state index in [1.807, 2.05) is 48.2 Å². The Hall–Kier alpha value is -5.26. The minimum absolute atomic E-state index is 0.203. The van der Waals surface area contributed by atoms with Gasteiger partial charge in [-0.15, -0.1) is 0 Å². The third kappa shape index (κ3) is 4.94. The minimum atomic E-state index is 0.203. The molecule has 1 atom stereocenters. The Bertz CT molecular complexity index is 2060. The summed E-state index contributed by atoms with van der Waals surface area (Å²) in [6.07, 6.45) is 0. The van der Waals surface area contributed by atoms with E-state index < -0.39 is 0 Å². The summed E-state index contributed by atoms with van der Waals surface area (Å²) in [6, 6.07) is 50.4. The van der Waals surface area contributed by atoms with Crippen LogP contribution < -0.4 is 5.32 Å². The topological polar surface area (TPSA) is 50.7 Å². The predicted molar refractivity (Wildman–Crippen MR) is 178 cm³/mol. The molecule has 1 aliphatic heterocycles. The molecule has 8 rings (SSSR count).